The molecule has 1 heterocycles. The molecule has 1 aromatic carbocycles. The number of nitrogens with zero attached hydrogens (tertiary/aromatic N) is 1. The summed E-state index contributed by atoms with van der Waals surface area (Å²) in [7, 11) is 0. The van der Waals surface area contributed by atoms with E-state index in [1.807, 2.05) is 0 Å². The van der Waals surface area contributed by atoms with Gasteiger partial charge < -0.3 is 10.2 Å². The van der Waals surface area contributed by atoms with Gasteiger partial charge in [-0.15, -0.1) is 0 Å². The average Bonchev–Trinajstić information content (AvgIpc) is 2.46. The highest BCUT2D eigenvalue weighted by atomic mass is 15.1. The second kappa shape index (κ2) is 8.43. The Kier molecular flexibility index (Phi) is 6.55. The summed E-state index contributed by atoms with van der Waals surface area (Å²) in [4.78, 5) is 2.69. The van der Waals surface area contributed by atoms with Crippen molar-refractivity contribution in [2.75, 3.05) is 32.7 Å². The molecule has 0 aliphatic carbocycles. The van der Waals surface area contributed by atoms with Gasteiger partial charge in [-0.25, -0.2) is 0 Å². The van der Waals surface area contributed by atoms with Gasteiger partial charge in [-0.3, -0.25) is 0 Å². The van der Waals surface area contributed by atoms with Crippen molar-refractivity contribution in [1.82, 2.24) is 10.2 Å². The third-order valence-electron chi connectivity index (χ3n) is 4.16. The fourth-order valence-electron chi connectivity index (χ4n) is 3.13. The third-order valence-corrected chi connectivity index (χ3v) is 4.16. The van der Waals surface area contributed by atoms with Crippen molar-refractivity contribution in [2.24, 2.45) is 11.8 Å². The van der Waals surface area contributed by atoms with Crippen LogP contribution in [0.1, 0.15) is 32.3 Å². The standard InChI is InChI=1S/C18H30N2/c1-16(2)14-20(15-18-8-11-19-12-9-18)13-10-17-6-4-3-5-7-17/h3-7,16,18-19H,8-15H2,1-2H3. The van der Waals surface area contributed by atoms with Gasteiger partial charge in [0, 0.05) is 19.6 Å². The number of hydrogen-bond acceptors (Lipinski definition) is 2. The van der Waals surface area contributed by atoms with Crippen LogP contribution in [-0.2, 0) is 6.42 Å². The van der Waals surface area contributed by atoms with Gasteiger partial charge in [0.25, 0.3) is 0 Å². The van der Waals surface area contributed by atoms with Crippen LogP contribution in [0.25, 0.3) is 0 Å². The summed E-state index contributed by atoms with van der Waals surface area (Å²) >= 11 is 0. The molecule has 0 amide bonds. The number of nitrogens with one attached hydrogen (secondary N) is 1. The second-order valence-electron chi connectivity index (χ2n) is 6.58. The molecule has 0 aromatic heterocycles. The van der Waals surface area contributed by atoms with Crippen molar-refractivity contribution in [3.63, 3.8) is 0 Å². The highest BCUT2D eigenvalue weighted by Gasteiger charge is 2.17. The Morgan fingerprint density at radius 1 is 1.15 bits per heavy atom. The molecular formula is C18H30N2. The van der Waals surface area contributed by atoms with E-state index in [-0.39, 0.29) is 0 Å². The van der Waals surface area contributed by atoms with Crippen LogP contribution in [0.2, 0.25) is 0 Å². The predicted molar refractivity (Wildman–Crippen MR) is 87.0 cm³/mol. The first-order chi connectivity index (χ1) is 9.74. The molecule has 1 aliphatic heterocycles. The molecule has 1 aromatic rings. The van der Waals surface area contributed by atoms with Gasteiger partial charge in [0.1, 0.15) is 0 Å². The van der Waals surface area contributed by atoms with Gasteiger partial charge in [-0.05, 0) is 49.8 Å². The monoisotopic (exact) mass is 274 g/mol. The number of hydrogen-bond donors (Lipinski definition) is 1. The fraction of sp³-hybridized carbons (Fsp3) is 0.667. The minimum absolute atomic E-state index is 0.757. The van der Waals surface area contributed by atoms with Crippen molar-refractivity contribution >= 4 is 0 Å². The van der Waals surface area contributed by atoms with Crippen molar-refractivity contribution in [2.45, 2.75) is 33.1 Å². The zero-order valence-electron chi connectivity index (χ0n) is 13.1. The normalized spacial score (nSPS) is 17.0. The van der Waals surface area contributed by atoms with Gasteiger partial charge in [-0.1, -0.05) is 44.2 Å². The van der Waals surface area contributed by atoms with Crippen LogP contribution in [0.5, 0.6) is 0 Å². The molecule has 112 valence electrons. The molecule has 0 bridgehead atoms. The molecule has 0 radical (unpaired) electrons. The second-order valence-corrected chi connectivity index (χ2v) is 6.58. The van der Waals surface area contributed by atoms with Crippen LogP contribution < -0.4 is 5.32 Å². The van der Waals surface area contributed by atoms with Crippen molar-refractivity contribution < 1.29 is 0 Å². The van der Waals surface area contributed by atoms with E-state index in [0.29, 0.717) is 0 Å². The Morgan fingerprint density at radius 3 is 2.50 bits per heavy atom. The van der Waals surface area contributed by atoms with Gasteiger partial charge in [-0.2, -0.15) is 0 Å². The SMILES string of the molecule is CC(C)CN(CCc1ccccc1)CC1CCNCC1. The third kappa shape index (κ3) is 5.64. The lowest BCUT2D eigenvalue weighted by Gasteiger charge is -2.31. The molecule has 2 rings (SSSR count). The minimum atomic E-state index is 0.757. The first-order valence-corrected chi connectivity index (χ1v) is 8.21. The maximum Gasteiger partial charge on any atom is 0.00220 e. The van der Waals surface area contributed by atoms with Crippen molar-refractivity contribution in [3.05, 3.63) is 35.9 Å². The highest BCUT2D eigenvalue weighted by molar-refractivity contribution is 5.14. The molecule has 0 spiro atoms. The summed E-state index contributed by atoms with van der Waals surface area (Å²) < 4.78 is 0. The molecule has 2 nitrogen and oxygen atoms in total. The van der Waals surface area contributed by atoms with Crippen LogP contribution in [-0.4, -0.2) is 37.6 Å². The molecule has 1 aliphatic rings. The lowest BCUT2D eigenvalue weighted by molar-refractivity contribution is 0.189. The molecule has 0 unspecified atom stereocenters. The summed E-state index contributed by atoms with van der Waals surface area (Å²) in [5.41, 5.74) is 1.46. The largest absolute Gasteiger partial charge is 0.317 e. The summed E-state index contributed by atoms with van der Waals surface area (Å²) in [5.74, 6) is 1.65. The molecule has 0 saturated carbocycles. The Balaban J connectivity index is 1.82. The summed E-state index contributed by atoms with van der Waals surface area (Å²) in [6.45, 7) is 10.8. The maximum absolute atomic E-state index is 3.47. The van der Waals surface area contributed by atoms with Crippen LogP contribution in [0.4, 0.5) is 0 Å². The average molecular weight is 274 g/mol. The molecule has 1 fully saturated rings. The Bertz CT molecular complexity index is 355. The summed E-state index contributed by atoms with van der Waals surface area (Å²) in [6, 6.07) is 10.9. The van der Waals surface area contributed by atoms with E-state index in [1.165, 1.54) is 57.5 Å². The van der Waals surface area contributed by atoms with Gasteiger partial charge >= 0.3 is 0 Å². The predicted octanol–water partition coefficient (Wildman–Crippen LogP) is 3.19. The molecule has 1 saturated heterocycles. The molecule has 1 N–H and O–H groups in total. The Labute approximate surface area is 124 Å². The maximum atomic E-state index is 3.47. The van der Waals surface area contributed by atoms with E-state index in [1.54, 1.807) is 0 Å². The van der Waals surface area contributed by atoms with E-state index >= 15 is 0 Å². The van der Waals surface area contributed by atoms with Gasteiger partial charge in [0.05, 0.1) is 0 Å². The van der Waals surface area contributed by atoms with Crippen LogP contribution >= 0.6 is 0 Å². The fourth-order valence-corrected chi connectivity index (χ4v) is 3.13. The lowest BCUT2D eigenvalue weighted by atomic mass is 9.97. The van der Waals surface area contributed by atoms with Crippen LogP contribution in [0.3, 0.4) is 0 Å². The van der Waals surface area contributed by atoms with Crippen molar-refractivity contribution in [1.29, 1.82) is 0 Å². The van der Waals surface area contributed by atoms with Crippen molar-refractivity contribution in [3.8, 4) is 0 Å². The van der Waals surface area contributed by atoms with E-state index < -0.39 is 0 Å². The van der Waals surface area contributed by atoms with E-state index in [4.69, 9.17) is 0 Å². The minimum Gasteiger partial charge on any atom is -0.317 e. The number of piperidine rings is 1. The smallest absolute Gasteiger partial charge is 0.00220 e. The summed E-state index contributed by atoms with van der Waals surface area (Å²) in [5, 5.41) is 3.47. The molecule has 0 atom stereocenters. The zero-order chi connectivity index (χ0) is 14.2. The number of benzene rings is 1. The first-order valence-electron chi connectivity index (χ1n) is 8.21. The van der Waals surface area contributed by atoms with E-state index in [0.717, 1.165) is 11.8 Å². The summed E-state index contributed by atoms with van der Waals surface area (Å²) in [6.07, 6.45) is 3.87. The first kappa shape index (κ1) is 15.5. The Morgan fingerprint density at radius 2 is 1.85 bits per heavy atom. The molecule has 20 heavy (non-hydrogen) atoms. The van der Waals surface area contributed by atoms with Crippen LogP contribution in [0, 0.1) is 11.8 Å². The van der Waals surface area contributed by atoms with E-state index in [2.05, 4.69) is 54.4 Å². The van der Waals surface area contributed by atoms with Crippen LogP contribution in [0.15, 0.2) is 30.3 Å². The topological polar surface area (TPSA) is 15.3 Å². The number of rotatable bonds is 7. The zero-order valence-corrected chi connectivity index (χ0v) is 13.1. The van der Waals surface area contributed by atoms with Gasteiger partial charge in [0.2, 0.25) is 0 Å². The van der Waals surface area contributed by atoms with Gasteiger partial charge in [0.15, 0.2) is 0 Å². The highest BCUT2D eigenvalue weighted by Crippen LogP contribution is 2.15. The Hall–Kier alpha value is -0.860. The van der Waals surface area contributed by atoms with E-state index in [9.17, 15) is 0 Å². The molecular weight excluding hydrogens is 244 g/mol. The quantitative estimate of drug-likeness (QED) is 0.821. The lowest BCUT2D eigenvalue weighted by Crippen LogP contribution is -2.38. The molecule has 2 heteroatoms.